The Morgan fingerprint density at radius 2 is 1.46 bits per heavy atom. The van der Waals surface area contributed by atoms with E-state index in [2.05, 4.69) is 48.0 Å². The van der Waals surface area contributed by atoms with Crippen LogP contribution in [0.15, 0.2) is 42.5 Å². The number of rotatable bonds is 11. The third kappa shape index (κ3) is 5.68. The van der Waals surface area contributed by atoms with Gasteiger partial charge in [-0.15, -0.1) is 0 Å². The van der Waals surface area contributed by atoms with Crippen molar-refractivity contribution >= 4 is 5.97 Å². The van der Waals surface area contributed by atoms with Gasteiger partial charge in [0.1, 0.15) is 18.1 Å². The normalized spacial score (nSPS) is 23.6. The van der Waals surface area contributed by atoms with Crippen LogP contribution in [-0.4, -0.2) is 84.7 Å². The Hall–Kier alpha value is -4.15. The van der Waals surface area contributed by atoms with Gasteiger partial charge in [0.05, 0.1) is 55.1 Å². The number of ether oxygens (including phenoxy) is 7. The van der Waals surface area contributed by atoms with Crippen molar-refractivity contribution in [2.24, 2.45) is 0 Å². The zero-order valence-electron chi connectivity index (χ0n) is 29.5. The first-order valence-corrected chi connectivity index (χ1v) is 16.5. The first-order valence-electron chi connectivity index (χ1n) is 16.5. The number of likely N-dealkylation sites (N-methyl/N-ethyl adjacent to an activating group) is 1. The van der Waals surface area contributed by atoms with E-state index in [9.17, 15) is 4.79 Å². The minimum Gasteiger partial charge on any atom is -0.497 e. The summed E-state index contributed by atoms with van der Waals surface area (Å²) >= 11 is 0. The third-order valence-electron chi connectivity index (χ3n) is 10.9. The highest BCUT2D eigenvalue weighted by Gasteiger charge is 2.53. The molecule has 0 aliphatic carbocycles. The van der Waals surface area contributed by atoms with Crippen LogP contribution in [0.4, 0.5) is 0 Å². The Kier molecular flexibility index (Phi) is 9.42. The molecular weight excluding hydrogens is 612 g/mol. The molecule has 1 saturated heterocycles. The van der Waals surface area contributed by atoms with Gasteiger partial charge in [0.15, 0.2) is 23.0 Å². The molecule has 48 heavy (non-hydrogen) atoms. The molecule has 3 aromatic rings. The Morgan fingerprint density at radius 1 is 0.833 bits per heavy atom. The SMILES string of the molecule is COc1ccc(C(C)CC(=O)OCC2c3cc(OC)c(OC)cc3CC3c4cc(OC)c(OC)cc4C4(C)CC(CN23)N4C)c(OC)c1. The molecule has 10 heteroatoms. The van der Waals surface area contributed by atoms with Crippen molar-refractivity contribution in [2.75, 3.05) is 62.9 Å². The van der Waals surface area contributed by atoms with Crippen LogP contribution in [0.25, 0.3) is 0 Å². The quantitative estimate of drug-likeness (QED) is 0.227. The van der Waals surface area contributed by atoms with Crippen molar-refractivity contribution in [3.63, 3.8) is 0 Å². The number of carbonyl (C=O) groups excluding carboxylic acids is 1. The molecule has 4 aliphatic rings. The molecule has 7 rings (SSSR count). The maximum absolute atomic E-state index is 13.5. The summed E-state index contributed by atoms with van der Waals surface area (Å²) in [6.07, 6.45) is 1.96. The van der Waals surface area contributed by atoms with Crippen LogP contribution in [0.2, 0.25) is 0 Å². The van der Waals surface area contributed by atoms with Crippen LogP contribution in [-0.2, 0) is 21.5 Å². The lowest BCUT2D eigenvalue weighted by molar-refractivity contribution is -0.147. The summed E-state index contributed by atoms with van der Waals surface area (Å²) in [5.41, 5.74) is 5.43. The lowest BCUT2D eigenvalue weighted by Gasteiger charge is -2.61. The summed E-state index contributed by atoms with van der Waals surface area (Å²) in [6.45, 7) is 5.34. The topological polar surface area (TPSA) is 88.2 Å². The largest absolute Gasteiger partial charge is 0.497 e. The summed E-state index contributed by atoms with van der Waals surface area (Å²) in [6, 6.07) is 14.2. The molecule has 258 valence electrons. The molecular formula is C38H48N2O8. The van der Waals surface area contributed by atoms with Crippen molar-refractivity contribution in [3.05, 3.63) is 70.3 Å². The lowest BCUT2D eigenvalue weighted by Crippen LogP contribution is -2.66. The van der Waals surface area contributed by atoms with Crippen molar-refractivity contribution < 1.29 is 38.0 Å². The minimum absolute atomic E-state index is 0.00687. The predicted molar refractivity (Wildman–Crippen MR) is 182 cm³/mol. The van der Waals surface area contributed by atoms with E-state index in [-0.39, 0.29) is 42.5 Å². The van der Waals surface area contributed by atoms with Gasteiger partial charge in [-0.1, -0.05) is 13.0 Å². The van der Waals surface area contributed by atoms with Crippen LogP contribution in [0, 0.1) is 0 Å². The van der Waals surface area contributed by atoms with E-state index in [0.29, 0.717) is 34.8 Å². The van der Waals surface area contributed by atoms with Gasteiger partial charge in [-0.05, 0) is 90.9 Å². The molecule has 4 aliphatic heterocycles. The van der Waals surface area contributed by atoms with E-state index < -0.39 is 0 Å². The molecule has 0 N–H and O–H groups in total. The zero-order valence-corrected chi connectivity index (χ0v) is 29.5. The fourth-order valence-electron chi connectivity index (χ4n) is 8.09. The van der Waals surface area contributed by atoms with Crippen molar-refractivity contribution in [1.82, 2.24) is 9.80 Å². The highest BCUT2D eigenvalue weighted by molar-refractivity contribution is 5.71. The number of fused-ring (bicyclic) bond motifs is 1. The van der Waals surface area contributed by atoms with Crippen LogP contribution in [0.3, 0.4) is 0 Å². The minimum atomic E-state index is -0.267. The van der Waals surface area contributed by atoms with Gasteiger partial charge in [-0.3, -0.25) is 14.6 Å². The van der Waals surface area contributed by atoms with Crippen molar-refractivity contribution in [1.29, 1.82) is 0 Å². The second-order valence-electron chi connectivity index (χ2n) is 13.3. The zero-order chi connectivity index (χ0) is 34.3. The van der Waals surface area contributed by atoms with Crippen LogP contribution in [0.5, 0.6) is 34.5 Å². The number of methoxy groups -OCH3 is 6. The van der Waals surface area contributed by atoms with Gasteiger partial charge in [0.2, 0.25) is 0 Å². The summed E-state index contributed by atoms with van der Waals surface area (Å²) in [5, 5.41) is 0. The van der Waals surface area contributed by atoms with Crippen molar-refractivity contribution in [3.8, 4) is 34.5 Å². The maximum Gasteiger partial charge on any atom is 0.306 e. The molecule has 1 fully saturated rings. The average Bonchev–Trinajstić information content (AvgIpc) is 3.11. The second-order valence-corrected chi connectivity index (χ2v) is 13.3. The molecule has 0 radical (unpaired) electrons. The second kappa shape index (κ2) is 13.4. The van der Waals surface area contributed by atoms with Gasteiger partial charge < -0.3 is 33.2 Å². The van der Waals surface area contributed by atoms with Crippen LogP contribution >= 0.6 is 0 Å². The predicted octanol–water partition coefficient (Wildman–Crippen LogP) is 6.05. The Balaban J connectivity index is 1.37. The molecule has 2 bridgehead atoms. The first kappa shape index (κ1) is 33.7. The van der Waals surface area contributed by atoms with Gasteiger partial charge in [0, 0.05) is 30.2 Å². The summed E-state index contributed by atoms with van der Waals surface area (Å²) in [5.74, 6) is 3.74. The van der Waals surface area contributed by atoms with Crippen LogP contribution in [0.1, 0.15) is 72.5 Å². The van der Waals surface area contributed by atoms with Gasteiger partial charge in [-0.25, -0.2) is 0 Å². The Morgan fingerprint density at radius 3 is 2.08 bits per heavy atom. The summed E-state index contributed by atoms with van der Waals surface area (Å²) in [7, 11) is 12.1. The van der Waals surface area contributed by atoms with Crippen molar-refractivity contribution in [2.45, 2.75) is 62.7 Å². The van der Waals surface area contributed by atoms with E-state index in [4.69, 9.17) is 33.2 Å². The average molecular weight is 661 g/mol. The third-order valence-corrected chi connectivity index (χ3v) is 10.9. The highest BCUT2D eigenvalue weighted by atomic mass is 16.5. The number of carbonyl (C=O) groups is 1. The number of nitrogens with zero attached hydrogens (tertiary/aromatic N) is 2. The maximum atomic E-state index is 13.5. The molecule has 0 amide bonds. The van der Waals surface area contributed by atoms with Gasteiger partial charge in [-0.2, -0.15) is 0 Å². The monoisotopic (exact) mass is 660 g/mol. The molecule has 5 atom stereocenters. The fourth-order valence-corrected chi connectivity index (χ4v) is 8.09. The van der Waals surface area contributed by atoms with E-state index in [1.165, 1.54) is 11.1 Å². The van der Waals surface area contributed by atoms with E-state index in [1.54, 1.807) is 42.7 Å². The summed E-state index contributed by atoms with van der Waals surface area (Å²) < 4.78 is 40.3. The standard InChI is InChI=1S/C38H48N2O8/c1-22(26-11-10-25(42-4)15-32(26)43-5)12-37(41)48-21-31-27-16-34(45-7)33(44-6)14-23(27)13-30-28-17-35(46-8)36(47-9)18-29(28)38(2)19-24(39(38)3)20-40(30)31/h10-11,14-18,22,24,30-31H,12-13,19-21H2,1-9H3. The highest BCUT2D eigenvalue weighted by Crippen LogP contribution is 2.55. The molecule has 3 aromatic carbocycles. The lowest BCUT2D eigenvalue weighted by atomic mass is 9.69. The number of hydrogen-bond donors (Lipinski definition) is 0. The molecule has 10 nitrogen and oxygen atoms in total. The van der Waals surface area contributed by atoms with E-state index >= 15 is 0 Å². The molecule has 4 heterocycles. The van der Waals surface area contributed by atoms with Gasteiger partial charge >= 0.3 is 5.97 Å². The van der Waals surface area contributed by atoms with E-state index in [0.717, 1.165) is 41.8 Å². The molecule has 5 unspecified atom stereocenters. The van der Waals surface area contributed by atoms with Crippen LogP contribution < -0.4 is 28.4 Å². The van der Waals surface area contributed by atoms with E-state index in [1.807, 2.05) is 25.1 Å². The number of benzene rings is 3. The summed E-state index contributed by atoms with van der Waals surface area (Å²) in [4.78, 5) is 18.5. The Labute approximate surface area is 283 Å². The fraction of sp³-hybridized carbons (Fsp3) is 0.500. The molecule has 0 saturated carbocycles. The smallest absolute Gasteiger partial charge is 0.306 e. The number of hydrogen-bond acceptors (Lipinski definition) is 10. The van der Waals surface area contributed by atoms with Gasteiger partial charge in [0.25, 0.3) is 0 Å². The molecule has 0 spiro atoms. The molecule has 0 aromatic heterocycles. The number of esters is 1. The first-order chi connectivity index (χ1) is 23.1. The Bertz CT molecular complexity index is 1680.